The van der Waals surface area contributed by atoms with Crippen LogP contribution in [0, 0.1) is 5.82 Å². The number of anilines is 1. The molecule has 0 radical (unpaired) electrons. The van der Waals surface area contributed by atoms with Crippen molar-refractivity contribution in [1.82, 2.24) is 19.9 Å². The Bertz CT molecular complexity index is 1700. The van der Waals surface area contributed by atoms with E-state index < -0.39 is 17.3 Å². The van der Waals surface area contributed by atoms with Gasteiger partial charge < -0.3 is 25.6 Å². The van der Waals surface area contributed by atoms with E-state index in [4.69, 9.17) is 15.5 Å². The van der Waals surface area contributed by atoms with Crippen molar-refractivity contribution in [2.24, 2.45) is 5.73 Å². The van der Waals surface area contributed by atoms with Crippen molar-refractivity contribution in [3.63, 3.8) is 0 Å². The van der Waals surface area contributed by atoms with Crippen LogP contribution in [0.25, 0.3) is 32.9 Å². The Labute approximate surface area is 241 Å². The maximum atomic E-state index is 16.5. The number of ether oxygens (including phenoxy) is 1. The van der Waals surface area contributed by atoms with E-state index >= 15 is 4.39 Å². The van der Waals surface area contributed by atoms with E-state index in [0.717, 1.165) is 49.5 Å². The van der Waals surface area contributed by atoms with E-state index in [2.05, 4.69) is 14.9 Å². The molecule has 5 heterocycles. The van der Waals surface area contributed by atoms with E-state index in [-0.39, 0.29) is 54.4 Å². The summed E-state index contributed by atoms with van der Waals surface area (Å²) in [7, 11) is 0. The summed E-state index contributed by atoms with van der Waals surface area (Å²) in [4.78, 5) is 30.0. The summed E-state index contributed by atoms with van der Waals surface area (Å²) in [6.45, 7) is 3.07. The number of carbonyl (C=O) groups excluding carboxylic acids is 1. The molecule has 10 nitrogen and oxygen atoms in total. The molecular weight excluding hydrogens is 539 g/mol. The smallest absolute Gasteiger partial charge is 0.319 e. The normalized spacial score (nSPS) is 19.8. The second kappa shape index (κ2) is 10.0. The molecular formula is C31H33FN6O4. The molecule has 0 saturated carbocycles. The summed E-state index contributed by atoms with van der Waals surface area (Å²) in [6, 6.07) is 10.6. The second-order valence-electron chi connectivity index (χ2n) is 11.8. The van der Waals surface area contributed by atoms with Crippen molar-refractivity contribution in [2.45, 2.75) is 49.7 Å². The maximum Gasteiger partial charge on any atom is 0.319 e. The number of amides is 1. The number of benzene rings is 2. The number of hydrogen-bond donors (Lipinski definition) is 3. The third-order valence-corrected chi connectivity index (χ3v) is 9.38. The SMILES string of the molecule is NC(=O)C1(O)CCN(c2nc(OCC34CCCN3CCC4)nc3c(F)c(-c4cc(O)cc5ccccc45)ncc23)CC1. The van der Waals surface area contributed by atoms with Crippen LogP contribution < -0.4 is 15.4 Å². The average Bonchev–Trinajstić information content (AvgIpc) is 3.57. The predicted octanol–water partition coefficient (Wildman–Crippen LogP) is 3.51. The molecule has 3 aliphatic rings. The van der Waals surface area contributed by atoms with Crippen molar-refractivity contribution in [3.05, 3.63) is 48.4 Å². The molecule has 2 aromatic carbocycles. The van der Waals surface area contributed by atoms with Gasteiger partial charge in [0.2, 0.25) is 5.91 Å². The van der Waals surface area contributed by atoms with Crippen molar-refractivity contribution < 1.29 is 24.1 Å². The van der Waals surface area contributed by atoms with Crippen molar-refractivity contribution in [3.8, 4) is 23.0 Å². The van der Waals surface area contributed by atoms with Crippen LogP contribution in [0.5, 0.6) is 11.8 Å². The number of halogens is 1. The van der Waals surface area contributed by atoms with Gasteiger partial charge in [-0.1, -0.05) is 24.3 Å². The number of piperidine rings is 1. The molecule has 42 heavy (non-hydrogen) atoms. The number of aromatic nitrogens is 3. The summed E-state index contributed by atoms with van der Waals surface area (Å²) >= 11 is 0. The van der Waals surface area contributed by atoms with Crippen LogP contribution in [0.3, 0.4) is 0 Å². The lowest BCUT2D eigenvalue weighted by molar-refractivity contribution is -0.138. The number of phenols is 1. The lowest BCUT2D eigenvalue weighted by Crippen LogP contribution is -2.52. The van der Waals surface area contributed by atoms with Crippen molar-refractivity contribution in [2.75, 3.05) is 37.7 Å². The van der Waals surface area contributed by atoms with Gasteiger partial charge >= 0.3 is 6.01 Å². The van der Waals surface area contributed by atoms with Gasteiger partial charge in [0.1, 0.15) is 35.0 Å². The highest BCUT2D eigenvalue weighted by Crippen LogP contribution is 2.40. The molecule has 3 fully saturated rings. The number of primary amides is 1. The van der Waals surface area contributed by atoms with Crippen LogP contribution in [0.15, 0.2) is 42.6 Å². The van der Waals surface area contributed by atoms with E-state index in [1.54, 1.807) is 6.07 Å². The zero-order chi connectivity index (χ0) is 29.1. The molecule has 3 aliphatic heterocycles. The molecule has 0 aliphatic carbocycles. The number of rotatable bonds is 6. The van der Waals surface area contributed by atoms with E-state index in [1.807, 2.05) is 29.2 Å². The molecule has 3 saturated heterocycles. The highest BCUT2D eigenvalue weighted by Gasteiger charge is 2.45. The number of phenolic OH excluding ortho intramolecular Hbond substituents is 1. The molecule has 0 atom stereocenters. The van der Waals surface area contributed by atoms with Gasteiger partial charge in [-0.2, -0.15) is 9.97 Å². The quantitative estimate of drug-likeness (QED) is 0.317. The molecule has 0 spiro atoms. The standard InChI is InChI=1S/C31H33FN6O4/c32-24-25(22-16-20(39)15-19-5-1-2-6-21(19)22)34-17-23-26(24)35-29(42-18-30-7-3-11-38(30)12-4-8-30)36-27(23)37-13-9-31(41,10-14-37)28(33)40/h1-2,5-6,15-17,39,41H,3-4,7-14,18H2,(H2,33,40). The number of aromatic hydroxyl groups is 1. The highest BCUT2D eigenvalue weighted by molar-refractivity contribution is 6.00. The molecule has 218 valence electrons. The Hall–Kier alpha value is -4.09. The molecule has 11 heteroatoms. The molecule has 4 aromatic rings. The maximum absolute atomic E-state index is 16.5. The predicted molar refractivity (Wildman–Crippen MR) is 156 cm³/mol. The molecule has 0 bridgehead atoms. The lowest BCUT2D eigenvalue weighted by atomic mass is 9.90. The summed E-state index contributed by atoms with van der Waals surface area (Å²) in [5, 5.41) is 22.9. The van der Waals surface area contributed by atoms with Gasteiger partial charge in [0.15, 0.2) is 5.82 Å². The first-order valence-electron chi connectivity index (χ1n) is 14.5. The Morgan fingerprint density at radius 1 is 1.02 bits per heavy atom. The Morgan fingerprint density at radius 2 is 1.76 bits per heavy atom. The first-order valence-corrected chi connectivity index (χ1v) is 14.5. The van der Waals surface area contributed by atoms with E-state index in [1.165, 1.54) is 12.3 Å². The minimum Gasteiger partial charge on any atom is -0.508 e. The Kier molecular flexibility index (Phi) is 6.39. The van der Waals surface area contributed by atoms with Gasteiger partial charge in [0.25, 0.3) is 0 Å². The van der Waals surface area contributed by atoms with Gasteiger partial charge in [-0.05, 0) is 61.7 Å². The summed E-state index contributed by atoms with van der Waals surface area (Å²) in [5.41, 5.74) is 4.36. The number of hydrogen-bond acceptors (Lipinski definition) is 9. The second-order valence-corrected chi connectivity index (χ2v) is 11.8. The number of nitrogens with two attached hydrogens (primary N) is 1. The van der Waals surface area contributed by atoms with E-state index in [9.17, 15) is 15.0 Å². The zero-order valence-electron chi connectivity index (χ0n) is 23.2. The molecule has 4 N–H and O–H groups in total. The molecule has 1 amide bonds. The average molecular weight is 573 g/mol. The number of carbonyl (C=O) groups is 1. The Balaban J connectivity index is 1.33. The third-order valence-electron chi connectivity index (χ3n) is 9.38. The van der Waals surface area contributed by atoms with Gasteiger partial charge in [-0.15, -0.1) is 0 Å². The Morgan fingerprint density at radius 3 is 2.50 bits per heavy atom. The van der Waals surface area contributed by atoms with Gasteiger partial charge in [-0.25, -0.2) is 4.39 Å². The summed E-state index contributed by atoms with van der Waals surface area (Å²) in [6.07, 6.45) is 6.08. The molecule has 2 aromatic heterocycles. The number of fused-ring (bicyclic) bond motifs is 3. The molecule has 0 unspecified atom stereocenters. The molecule has 7 rings (SSSR count). The largest absolute Gasteiger partial charge is 0.508 e. The zero-order valence-corrected chi connectivity index (χ0v) is 23.2. The summed E-state index contributed by atoms with van der Waals surface area (Å²) in [5.74, 6) is -0.979. The number of aliphatic hydroxyl groups is 1. The minimum atomic E-state index is -1.60. The monoisotopic (exact) mass is 572 g/mol. The van der Waals surface area contributed by atoms with Crippen LogP contribution in [0.4, 0.5) is 10.2 Å². The van der Waals surface area contributed by atoms with Gasteiger partial charge in [0.05, 0.1) is 10.9 Å². The number of pyridine rings is 1. The first-order chi connectivity index (χ1) is 20.3. The first kappa shape index (κ1) is 26.8. The number of nitrogens with zero attached hydrogens (tertiary/aromatic N) is 5. The fraction of sp³-hybridized carbons (Fsp3) is 0.419. The van der Waals surface area contributed by atoms with Gasteiger partial charge in [0, 0.05) is 37.7 Å². The lowest BCUT2D eigenvalue weighted by Gasteiger charge is -2.37. The van der Waals surface area contributed by atoms with Crippen LogP contribution in [-0.2, 0) is 4.79 Å². The topological polar surface area (TPSA) is 138 Å². The van der Waals surface area contributed by atoms with Gasteiger partial charge in [-0.3, -0.25) is 14.7 Å². The van der Waals surface area contributed by atoms with Crippen LogP contribution in [0.1, 0.15) is 38.5 Å². The minimum absolute atomic E-state index is 0.00425. The van der Waals surface area contributed by atoms with Crippen LogP contribution in [-0.4, -0.2) is 79.9 Å². The fourth-order valence-corrected chi connectivity index (χ4v) is 7.00. The van der Waals surface area contributed by atoms with Crippen molar-refractivity contribution >= 4 is 33.4 Å². The van der Waals surface area contributed by atoms with Crippen LogP contribution >= 0.6 is 0 Å². The highest BCUT2D eigenvalue weighted by atomic mass is 19.1. The van der Waals surface area contributed by atoms with E-state index in [0.29, 0.717) is 23.4 Å². The fourth-order valence-electron chi connectivity index (χ4n) is 7.00. The van der Waals surface area contributed by atoms with Crippen LogP contribution in [0.2, 0.25) is 0 Å². The third kappa shape index (κ3) is 4.38. The summed E-state index contributed by atoms with van der Waals surface area (Å²) < 4.78 is 22.8. The van der Waals surface area contributed by atoms with Crippen molar-refractivity contribution in [1.29, 1.82) is 0 Å².